The fourth-order valence-corrected chi connectivity index (χ4v) is 4.26. The minimum absolute atomic E-state index is 0.0118. The fourth-order valence-electron chi connectivity index (χ4n) is 4.26. The summed E-state index contributed by atoms with van der Waals surface area (Å²) in [5, 5.41) is 4.34. The predicted octanol–water partition coefficient (Wildman–Crippen LogP) is 5.48. The maximum Gasteiger partial charge on any atom is 0.375 e. The number of morpholine rings is 1. The average molecular weight is 499 g/mol. The molecule has 8 nitrogen and oxygen atoms in total. The Hall–Kier alpha value is -3.73. The summed E-state index contributed by atoms with van der Waals surface area (Å²) in [5.41, 5.74) is 3.03. The molecule has 0 saturated carbocycles. The van der Waals surface area contributed by atoms with E-state index in [2.05, 4.69) is 19.8 Å². The number of halogens is 3. The van der Waals surface area contributed by atoms with Crippen molar-refractivity contribution in [1.29, 1.82) is 0 Å². The van der Waals surface area contributed by atoms with Gasteiger partial charge in [0.2, 0.25) is 5.85 Å². The summed E-state index contributed by atoms with van der Waals surface area (Å²) in [6.45, 7) is 3.27. The van der Waals surface area contributed by atoms with Crippen LogP contribution in [0.3, 0.4) is 0 Å². The van der Waals surface area contributed by atoms with Crippen molar-refractivity contribution in [3.05, 3.63) is 54.0 Å². The van der Waals surface area contributed by atoms with Crippen LogP contribution < -0.4 is 4.90 Å². The van der Waals surface area contributed by atoms with Gasteiger partial charge in [-0.05, 0) is 25.8 Å². The van der Waals surface area contributed by atoms with Gasteiger partial charge in [0.1, 0.15) is 12.1 Å². The average Bonchev–Trinajstić information content (AvgIpc) is 3.44. The zero-order valence-corrected chi connectivity index (χ0v) is 20.0. The van der Waals surface area contributed by atoms with Crippen molar-refractivity contribution < 1.29 is 27.1 Å². The molecule has 1 atom stereocenters. The van der Waals surface area contributed by atoms with Gasteiger partial charge in [0.25, 0.3) is 5.95 Å². The molecule has 11 heteroatoms. The molecule has 0 radical (unpaired) electrons. The molecule has 3 aromatic heterocycles. The van der Waals surface area contributed by atoms with Crippen molar-refractivity contribution in [2.75, 3.05) is 18.0 Å². The first-order valence-electron chi connectivity index (χ1n) is 11.5. The second-order valence-corrected chi connectivity index (χ2v) is 9.09. The van der Waals surface area contributed by atoms with Crippen LogP contribution in [0.2, 0.25) is 0 Å². The standard InChI is InChI=1S/C25H24F3N5O3/c1-4-6-19(34)20-10-18-21(35-20)22(32-13-24(3,26)36-25(27,28)14-32)31-23(30-18)33-12-17(11-29-33)16-8-5-7-15(2)9-16/h5,7-12H,4,6,13-14H2,1-3H3. The number of rotatable bonds is 6. The molecule has 1 saturated heterocycles. The maximum atomic E-state index is 14.7. The van der Waals surface area contributed by atoms with Crippen molar-refractivity contribution >= 4 is 22.7 Å². The van der Waals surface area contributed by atoms with E-state index in [1.54, 1.807) is 12.4 Å². The first-order chi connectivity index (χ1) is 17.0. The molecule has 36 heavy (non-hydrogen) atoms. The monoisotopic (exact) mass is 499 g/mol. The number of aromatic nitrogens is 4. The van der Waals surface area contributed by atoms with E-state index in [4.69, 9.17) is 4.42 Å². The number of nitrogens with zero attached hydrogens (tertiary/aromatic N) is 5. The molecule has 4 heterocycles. The number of Topliss-reactive ketones (excluding diaryl/α,β-unsaturated/α-hetero) is 1. The number of ketones is 1. The zero-order valence-electron chi connectivity index (χ0n) is 20.0. The van der Waals surface area contributed by atoms with Gasteiger partial charge in [-0.15, -0.1) is 0 Å². The molecule has 0 bridgehead atoms. The summed E-state index contributed by atoms with van der Waals surface area (Å²) in [4.78, 5) is 22.4. The summed E-state index contributed by atoms with van der Waals surface area (Å²) in [6.07, 6.45) is 0.416. The quantitative estimate of drug-likeness (QED) is 0.325. The van der Waals surface area contributed by atoms with Crippen LogP contribution in [0, 0.1) is 6.92 Å². The van der Waals surface area contributed by atoms with Crippen molar-refractivity contribution in [1.82, 2.24) is 19.7 Å². The number of hydrogen-bond acceptors (Lipinski definition) is 7. The largest absolute Gasteiger partial charge is 0.447 e. The SMILES string of the molecule is CCCC(=O)c1cc2nc(-n3cc(-c4cccc(C)c4)cn3)nc(N3CC(C)(F)OC(F)(F)C3)c2o1. The van der Waals surface area contributed by atoms with E-state index >= 15 is 0 Å². The Balaban J connectivity index is 1.63. The topological polar surface area (TPSA) is 86.3 Å². The highest BCUT2D eigenvalue weighted by Gasteiger charge is 2.49. The smallest absolute Gasteiger partial charge is 0.375 e. The lowest BCUT2D eigenvalue weighted by molar-refractivity contribution is -0.331. The van der Waals surface area contributed by atoms with E-state index in [0.717, 1.165) is 28.5 Å². The van der Waals surface area contributed by atoms with Gasteiger partial charge < -0.3 is 9.32 Å². The van der Waals surface area contributed by atoms with Gasteiger partial charge in [-0.25, -0.2) is 14.1 Å². The Morgan fingerprint density at radius 3 is 2.67 bits per heavy atom. The molecule has 1 fully saturated rings. The van der Waals surface area contributed by atoms with E-state index in [0.29, 0.717) is 6.42 Å². The van der Waals surface area contributed by atoms with E-state index in [9.17, 15) is 18.0 Å². The number of anilines is 1. The second-order valence-electron chi connectivity index (χ2n) is 9.09. The van der Waals surface area contributed by atoms with Crippen molar-refractivity contribution in [2.45, 2.75) is 45.6 Å². The third kappa shape index (κ3) is 4.70. The van der Waals surface area contributed by atoms with Crippen molar-refractivity contribution in [3.63, 3.8) is 0 Å². The molecule has 0 amide bonds. The minimum atomic E-state index is -3.77. The Bertz CT molecular complexity index is 1430. The number of alkyl halides is 3. The van der Waals surface area contributed by atoms with Crippen molar-refractivity contribution in [2.24, 2.45) is 0 Å². The summed E-state index contributed by atoms with van der Waals surface area (Å²) >= 11 is 0. The third-order valence-electron chi connectivity index (χ3n) is 5.74. The number of fused-ring (bicyclic) bond motifs is 1. The van der Waals surface area contributed by atoms with Gasteiger partial charge in [-0.3, -0.25) is 9.53 Å². The number of carbonyl (C=O) groups is 1. The molecule has 5 rings (SSSR count). The van der Waals surface area contributed by atoms with Crippen LogP contribution in [0.1, 0.15) is 42.8 Å². The summed E-state index contributed by atoms with van der Waals surface area (Å²) in [6, 6.07) is 9.28. The summed E-state index contributed by atoms with van der Waals surface area (Å²) in [7, 11) is 0. The van der Waals surface area contributed by atoms with E-state index < -0.39 is 25.1 Å². The molecule has 1 aromatic carbocycles. The van der Waals surface area contributed by atoms with Gasteiger partial charge in [-0.1, -0.05) is 36.8 Å². The van der Waals surface area contributed by atoms with Crippen LogP contribution >= 0.6 is 0 Å². The molecule has 0 spiro atoms. The minimum Gasteiger partial charge on any atom is -0.447 e. The number of carbonyl (C=O) groups excluding carboxylic acids is 1. The zero-order chi connectivity index (χ0) is 25.7. The summed E-state index contributed by atoms with van der Waals surface area (Å²) < 4.78 is 54.6. The Morgan fingerprint density at radius 1 is 1.14 bits per heavy atom. The first-order valence-corrected chi connectivity index (χ1v) is 11.5. The lowest BCUT2D eigenvalue weighted by atomic mass is 10.1. The van der Waals surface area contributed by atoms with Crippen LogP contribution in [0.4, 0.5) is 19.0 Å². The molecule has 1 aliphatic heterocycles. The van der Waals surface area contributed by atoms with Gasteiger partial charge >= 0.3 is 6.11 Å². The molecular weight excluding hydrogens is 475 g/mol. The number of ether oxygens (including phenoxy) is 1. The molecule has 0 aliphatic carbocycles. The van der Waals surface area contributed by atoms with Crippen LogP contribution in [0.25, 0.3) is 28.2 Å². The van der Waals surface area contributed by atoms with E-state index in [1.807, 2.05) is 38.1 Å². The fraction of sp³-hybridized carbons (Fsp3) is 0.360. The highest BCUT2D eigenvalue weighted by molar-refractivity contribution is 5.98. The molecule has 0 N–H and O–H groups in total. The highest BCUT2D eigenvalue weighted by atomic mass is 19.3. The van der Waals surface area contributed by atoms with Crippen LogP contribution in [-0.4, -0.2) is 50.6 Å². The molecule has 1 aliphatic rings. The van der Waals surface area contributed by atoms with Gasteiger partial charge in [0, 0.05) is 24.2 Å². The van der Waals surface area contributed by atoms with Gasteiger partial charge in [-0.2, -0.15) is 18.9 Å². The predicted molar refractivity (Wildman–Crippen MR) is 126 cm³/mol. The third-order valence-corrected chi connectivity index (χ3v) is 5.74. The Labute approximate surface area is 204 Å². The first kappa shape index (κ1) is 24.0. The molecule has 4 aromatic rings. The second kappa shape index (κ2) is 8.74. The lowest BCUT2D eigenvalue weighted by Gasteiger charge is -2.39. The number of aryl methyl sites for hydroxylation is 1. The van der Waals surface area contributed by atoms with Gasteiger partial charge in [0.15, 0.2) is 22.9 Å². The van der Waals surface area contributed by atoms with Crippen LogP contribution in [0.15, 0.2) is 47.1 Å². The maximum absolute atomic E-state index is 14.7. The van der Waals surface area contributed by atoms with Crippen molar-refractivity contribution in [3.8, 4) is 17.1 Å². The van der Waals surface area contributed by atoms with E-state index in [-0.39, 0.29) is 40.8 Å². The molecule has 188 valence electrons. The van der Waals surface area contributed by atoms with Crippen LogP contribution in [-0.2, 0) is 4.74 Å². The highest BCUT2D eigenvalue weighted by Crippen LogP contribution is 2.37. The normalized spacial score (nSPS) is 19.7. The Morgan fingerprint density at radius 2 is 1.94 bits per heavy atom. The molecule has 1 unspecified atom stereocenters. The number of benzene rings is 1. The van der Waals surface area contributed by atoms with E-state index in [1.165, 1.54) is 10.7 Å². The number of furan rings is 1. The van der Waals surface area contributed by atoms with Crippen LogP contribution in [0.5, 0.6) is 0 Å². The number of hydrogen-bond donors (Lipinski definition) is 0. The Kier molecular flexibility index (Phi) is 5.82. The lowest BCUT2D eigenvalue weighted by Crippen LogP contribution is -2.55. The van der Waals surface area contributed by atoms with Gasteiger partial charge in [0.05, 0.1) is 12.7 Å². The molecular formula is C25H24F3N5O3. The summed E-state index contributed by atoms with van der Waals surface area (Å²) in [5.74, 6) is -2.89.